The molecule has 30 heteroatoms. The van der Waals surface area contributed by atoms with E-state index in [1.165, 1.54) is 31.2 Å². The number of hydrogen-bond acceptors (Lipinski definition) is 18. The number of carbonyl (C=O) groups is 1. The number of aryl methyl sites for hydroxylation is 2. The van der Waals surface area contributed by atoms with Gasteiger partial charge < -0.3 is 49.8 Å². The minimum absolute atomic E-state index is 0. The van der Waals surface area contributed by atoms with Gasteiger partial charge in [0.2, 0.25) is 0 Å². The number of rotatable bonds is 12. The molecule has 1 N–H and O–H groups in total. The van der Waals surface area contributed by atoms with Crippen LogP contribution in [-0.2, 0) is 54.6 Å². The van der Waals surface area contributed by atoms with E-state index < -0.39 is 0 Å². The predicted octanol–water partition coefficient (Wildman–Crippen LogP) is 4.97. The van der Waals surface area contributed by atoms with Crippen LogP contribution in [0, 0.1) is 36.8 Å². The summed E-state index contributed by atoms with van der Waals surface area (Å²) in [4.78, 5) is 49.3. The molecule has 0 saturated carbocycles. The molecule has 0 spiro atoms. The van der Waals surface area contributed by atoms with Crippen molar-refractivity contribution < 1.29 is 156 Å². The number of aromatic nitrogens is 6. The van der Waals surface area contributed by atoms with Gasteiger partial charge in [0.05, 0.1) is 17.5 Å². The van der Waals surface area contributed by atoms with Gasteiger partial charge in [0.25, 0.3) is 17.6 Å². The predicted molar refractivity (Wildman–Crippen MR) is 335 cm³/mol. The number of nitrogens with zero attached hydrogens (tertiary/aromatic N) is 8. The van der Waals surface area contributed by atoms with Gasteiger partial charge in [0.1, 0.15) is 35.5 Å². The minimum atomic E-state index is -0.311. The van der Waals surface area contributed by atoms with Crippen LogP contribution < -0.4 is 124 Å². The third kappa shape index (κ3) is 23.8. The third-order valence-corrected chi connectivity index (χ3v) is 16.1. The molecule has 4 fully saturated rings. The van der Waals surface area contributed by atoms with Crippen LogP contribution in [0.1, 0.15) is 168 Å². The summed E-state index contributed by atoms with van der Waals surface area (Å²) in [6.45, 7) is 12.7. The smallest absolute Gasteiger partial charge is 1.00 e. The molecule has 4 saturated heterocycles. The molecular weight excluding hydrogens is 1340 g/mol. The summed E-state index contributed by atoms with van der Waals surface area (Å²) in [6.07, 6.45) is 14.5. The molecule has 4 atom stereocenters. The molecule has 6 aliphatic rings. The van der Waals surface area contributed by atoms with Crippen molar-refractivity contribution in [3.05, 3.63) is 114 Å². The molecule has 10 heterocycles. The molecule has 4 unspecified atom stereocenters. The van der Waals surface area contributed by atoms with Gasteiger partial charge in [-0.2, -0.15) is 5.26 Å². The number of piperidine rings is 2. The van der Waals surface area contributed by atoms with E-state index in [4.69, 9.17) is 59.9 Å². The molecule has 2 aromatic carbocycles. The first-order valence-corrected chi connectivity index (χ1v) is 29.3. The van der Waals surface area contributed by atoms with E-state index >= 15 is 0 Å². The van der Waals surface area contributed by atoms with Crippen molar-refractivity contribution in [3.8, 4) is 6.07 Å². The van der Waals surface area contributed by atoms with Crippen molar-refractivity contribution in [3.63, 3.8) is 0 Å². The maximum atomic E-state index is 13.5. The van der Waals surface area contributed by atoms with E-state index in [-0.39, 0.29) is 220 Å². The number of halogens is 8. The van der Waals surface area contributed by atoms with Gasteiger partial charge in [-0.15, -0.1) is 73.6 Å². The Labute approximate surface area is 640 Å². The maximum absolute atomic E-state index is 13.5. The summed E-state index contributed by atoms with van der Waals surface area (Å²) in [5.41, 5.74) is 6.22. The number of benzene rings is 2. The Morgan fingerprint density at radius 3 is 1.52 bits per heavy atom. The minimum Gasteiger partial charge on any atom is -1.00 e. The van der Waals surface area contributed by atoms with E-state index in [1.807, 2.05) is 18.4 Å². The number of nitrogens with one attached hydrogen (secondary N) is 1. The SMILES string of the molecule is CC#N.Cc1nc2n(c(=O)c1CCCl)CCCC2OC1CCCCO1.Cc1nc2n(c(=O)c1CCN1CCC(c3noc4cc(F)ccc34)CC1)CCCC2OC1CCCCO1.Cl.Cl.Cl.Cl.Cl.Fc1ccc2c(C3CCNCC3)noc2c1.O=CO[O-].[H-].[K+].[K+]. The van der Waals surface area contributed by atoms with Crippen molar-refractivity contribution in [1.82, 2.24) is 39.6 Å². The maximum Gasteiger partial charge on any atom is 1.00 e. The van der Waals surface area contributed by atoms with Gasteiger partial charge in [-0.3, -0.25) is 23.5 Å². The van der Waals surface area contributed by atoms with Crippen LogP contribution in [0.25, 0.3) is 21.9 Å². The van der Waals surface area contributed by atoms with E-state index in [0.29, 0.717) is 54.8 Å². The van der Waals surface area contributed by atoms with Gasteiger partial charge in [-0.25, -0.2) is 18.7 Å². The Hall–Kier alpha value is -1.31. The molecule has 486 valence electrons. The topological polar surface area (TPSA) is 247 Å². The molecular formula is C59H81Cl6F2K2N9O11. The molecule has 0 radical (unpaired) electrons. The first-order valence-electron chi connectivity index (χ1n) is 28.8. The van der Waals surface area contributed by atoms with Crippen molar-refractivity contribution in [2.24, 2.45) is 0 Å². The number of nitriles is 1. The zero-order valence-electron chi connectivity index (χ0n) is 52.1. The van der Waals surface area contributed by atoms with Gasteiger partial charge in [0, 0.05) is 103 Å². The molecule has 4 aromatic heterocycles. The van der Waals surface area contributed by atoms with E-state index in [9.17, 15) is 18.4 Å². The monoisotopic (exact) mass is 1420 g/mol. The fourth-order valence-corrected chi connectivity index (χ4v) is 11.9. The second-order valence-corrected chi connectivity index (χ2v) is 21.6. The molecule has 0 amide bonds. The van der Waals surface area contributed by atoms with Crippen molar-refractivity contribution in [2.45, 2.75) is 173 Å². The zero-order chi connectivity index (χ0) is 58.0. The number of carbonyl (C=O) groups excluding carboxylic acids is 1. The van der Waals surface area contributed by atoms with Crippen molar-refractivity contribution in [2.75, 3.05) is 51.8 Å². The molecule has 0 aliphatic carbocycles. The average molecular weight is 1420 g/mol. The average Bonchev–Trinajstić information content (AvgIpc) is 2.92. The molecule has 20 nitrogen and oxygen atoms in total. The van der Waals surface area contributed by atoms with Crippen molar-refractivity contribution >= 4 is 102 Å². The summed E-state index contributed by atoms with van der Waals surface area (Å²) >= 11 is 5.80. The molecule has 6 aromatic rings. The Kier molecular flexibility index (Phi) is 42.8. The number of alkyl halides is 1. The first-order chi connectivity index (χ1) is 39.9. The van der Waals surface area contributed by atoms with Gasteiger partial charge >= 0.3 is 103 Å². The quantitative estimate of drug-likeness (QED) is 0.0558. The number of hydrogen-bond donors (Lipinski definition) is 1. The number of fused-ring (bicyclic) bond motifs is 4. The Balaban J connectivity index is 0.00000129. The fourth-order valence-electron chi connectivity index (χ4n) is 11.7. The van der Waals surface area contributed by atoms with Crippen LogP contribution in [0.2, 0.25) is 0 Å². The second-order valence-electron chi connectivity index (χ2n) is 21.3. The Morgan fingerprint density at radius 2 is 1.11 bits per heavy atom. The Morgan fingerprint density at radius 1 is 0.685 bits per heavy atom. The molecule has 12 rings (SSSR count). The van der Waals surface area contributed by atoms with Crippen LogP contribution in [0.3, 0.4) is 0 Å². The Bertz CT molecular complexity index is 3220. The van der Waals surface area contributed by atoms with Crippen LogP contribution >= 0.6 is 73.6 Å². The standard InChI is InChI=1S/C28H35FN4O4.C16H23ClN2O3.C12H13FN2O.C2H3N.CH2O3.5ClH.2K.H/c1-18-21(28(34)33-12-4-5-23(27(33)30-18)36-25-6-2-3-16-35-25)11-15-32-13-9-19(10-14-32)26-22-8-7-20(29)17-24(22)37-31-26;1-11-12(7-8-17)16(20)19-9-4-5-13(15(19)18-11)22-14-6-2-3-10-21-14;13-9-1-2-10-11(7-9)16-15-12(10)8-3-5-14-6-4-8;1-2-3;2-1-4-3;;;;;;;;/h7-8,17,19,23,25H,2-6,9-16H2,1H3;13-14H,2-10H2,1H3;1-2,7-8,14H,3-6H2;1H3;1,3H;5*1H;;;/q;;;;;;;;;;2*+1;-1/p-1. The molecule has 89 heavy (non-hydrogen) atoms. The van der Waals surface area contributed by atoms with Crippen LogP contribution in [0.5, 0.6) is 0 Å². The van der Waals surface area contributed by atoms with Gasteiger partial charge in [0.15, 0.2) is 23.7 Å². The van der Waals surface area contributed by atoms with Crippen LogP contribution in [0.4, 0.5) is 8.78 Å². The summed E-state index contributed by atoms with van der Waals surface area (Å²) in [5.74, 6) is 2.09. The molecule has 0 bridgehead atoms. The normalized spacial score (nSPS) is 19.5. The summed E-state index contributed by atoms with van der Waals surface area (Å²) in [5, 5.41) is 29.3. The van der Waals surface area contributed by atoms with Gasteiger partial charge in [-0.1, -0.05) is 10.3 Å². The fraction of sp³-hybridized carbons (Fsp3) is 0.593. The van der Waals surface area contributed by atoms with E-state index in [1.54, 1.807) is 22.8 Å². The summed E-state index contributed by atoms with van der Waals surface area (Å²) < 4.78 is 64.4. The summed E-state index contributed by atoms with van der Waals surface area (Å²) in [6, 6.07) is 11.0. The molecule has 6 aliphatic heterocycles. The van der Waals surface area contributed by atoms with E-state index in [0.717, 1.165) is 192 Å². The van der Waals surface area contributed by atoms with Gasteiger partial charge in [-0.05, 0) is 167 Å². The van der Waals surface area contributed by atoms with E-state index in [2.05, 4.69) is 30.4 Å². The third-order valence-electron chi connectivity index (χ3n) is 15.9. The zero-order valence-corrected chi connectivity index (χ0v) is 62.2. The largest absolute Gasteiger partial charge is 1.00 e. The van der Waals surface area contributed by atoms with Crippen LogP contribution in [0.15, 0.2) is 55.0 Å². The summed E-state index contributed by atoms with van der Waals surface area (Å²) in [7, 11) is 0. The second kappa shape index (κ2) is 44.4. The first kappa shape index (κ1) is 85.7. The van der Waals surface area contributed by atoms with Crippen LogP contribution in [-0.4, -0.2) is 105 Å². The van der Waals surface area contributed by atoms with Crippen molar-refractivity contribution in [1.29, 1.82) is 5.26 Å². The number of likely N-dealkylation sites (tertiary alicyclic amines) is 1. The number of ether oxygens (including phenoxy) is 4.